The third-order valence-corrected chi connectivity index (χ3v) is 10.1. The van der Waals surface area contributed by atoms with Gasteiger partial charge in [0, 0.05) is 67.3 Å². The molecule has 7 rings (SSSR count). The minimum absolute atomic E-state index is 0.00276. The fourth-order valence-electron chi connectivity index (χ4n) is 7.21. The maximum Gasteiger partial charge on any atom is 0.347 e. The SMILES string of the molecule is CCOc1cccc(C2C3=CCn4c(=O)n(CCc5nc6cc(OC)c(OC)cc6n(C)c5=O)c(=O)n4C3CC3=C2C(=O)C=C(Br)C3=O)c1O. The number of carbonyl (C=O) groups excluding carboxylic acids is 2. The highest BCUT2D eigenvalue weighted by Crippen LogP contribution is 2.52. The molecular formula is C35H32BrN5O9. The Kier molecular flexibility index (Phi) is 8.25. The van der Waals surface area contributed by atoms with Crippen LogP contribution in [0.4, 0.5) is 0 Å². The Labute approximate surface area is 292 Å². The van der Waals surface area contributed by atoms with Gasteiger partial charge in [-0.3, -0.25) is 14.4 Å². The Balaban J connectivity index is 1.30. The maximum absolute atomic E-state index is 14.1. The van der Waals surface area contributed by atoms with Crippen molar-refractivity contribution in [3.63, 3.8) is 0 Å². The van der Waals surface area contributed by atoms with Crippen LogP contribution in [0.3, 0.4) is 0 Å². The number of rotatable bonds is 8. The first-order chi connectivity index (χ1) is 24.0. The number of nitrogens with zero attached hydrogens (tertiary/aromatic N) is 5. The number of hydrogen-bond acceptors (Lipinski definition) is 10. The van der Waals surface area contributed by atoms with Crippen LogP contribution in [-0.2, 0) is 36.1 Å². The van der Waals surface area contributed by atoms with Crippen molar-refractivity contribution < 1.29 is 28.9 Å². The summed E-state index contributed by atoms with van der Waals surface area (Å²) in [4.78, 5) is 72.8. The lowest BCUT2D eigenvalue weighted by Gasteiger charge is -2.39. The number of fused-ring (bicyclic) bond motifs is 4. The van der Waals surface area contributed by atoms with Crippen molar-refractivity contribution in [2.24, 2.45) is 7.05 Å². The quantitative estimate of drug-likeness (QED) is 0.209. The van der Waals surface area contributed by atoms with Crippen LogP contribution in [0, 0.1) is 0 Å². The molecule has 2 aromatic heterocycles. The lowest BCUT2D eigenvalue weighted by atomic mass is 9.68. The van der Waals surface area contributed by atoms with Crippen molar-refractivity contribution in [1.29, 1.82) is 0 Å². The molecule has 0 saturated heterocycles. The largest absolute Gasteiger partial charge is 0.504 e. The second-order valence-corrected chi connectivity index (χ2v) is 12.9. The van der Waals surface area contributed by atoms with Gasteiger partial charge < -0.3 is 23.9 Å². The molecule has 0 spiro atoms. The highest BCUT2D eigenvalue weighted by atomic mass is 79.9. The number of methoxy groups -OCH3 is 2. The van der Waals surface area contributed by atoms with E-state index in [0.717, 1.165) is 4.57 Å². The molecule has 3 aliphatic rings. The number of para-hydroxylation sites is 1. The second-order valence-electron chi connectivity index (χ2n) is 12.1. The van der Waals surface area contributed by atoms with Gasteiger partial charge >= 0.3 is 11.4 Å². The zero-order valence-electron chi connectivity index (χ0n) is 27.6. The van der Waals surface area contributed by atoms with Gasteiger partial charge in [0.25, 0.3) is 5.56 Å². The molecule has 15 heteroatoms. The number of hydrogen-bond donors (Lipinski definition) is 1. The average Bonchev–Trinajstić information content (AvgIpc) is 3.36. The first kappa shape index (κ1) is 33.1. The van der Waals surface area contributed by atoms with Gasteiger partial charge in [-0.25, -0.2) is 28.5 Å². The first-order valence-electron chi connectivity index (χ1n) is 15.9. The smallest absolute Gasteiger partial charge is 0.347 e. The minimum atomic E-state index is -0.892. The number of benzene rings is 2. The molecule has 258 valence electrons. The number of halogens is 1. The number of phenols is 1. The molecule has 50 heavy (non-hydrogen) atoms. The Morgan fingerprint density at radius 1 is 1.02 bits per heavy atom. The molecule has 3 heterocycles. The van der Waals surface area contributed by atoms with Gasteiger partial charge in [-0.15, -0.1) is 0 Å². The van der Waals surface area contributed by atoms with E-state index in [1.807, 2.05) is 0 Å². The number of phenolic OH excluding ortho intramolecular Hbond substituents is 1. The van der Waals surface area contributed by atoms with Crippen LogP contribution in [0.15, 0.2) is 78.1 Å². The number of carbonyl (C=O) groups is 2. The normalized spacial score (nSPS) is 18.3. The number of aromatic hydroxyl groups is 1. The molecule has 0 fully saturated rings. The van der Waals surface area contributed by atoms with E-state index in [0.29, 0.717) is 33.7 Å². The Bertz CT molecular complexity index is 2430. The number of allylic oxidation sites excluding steroid dienone is 6. The summed E-state index contributed by atoms with van der Waals surface area (Å²) in [6.45, 7) is 1.91. The third-order valence-electron chi connectivity index (χ3n) is 9.54. The van der Waals surface area contributed by atoms with E-state index in [1.165, 1.54) is 34.2 Å². The molecule has 2 aliphatic carbocycles. The fraction of sp³-hybridized carbons (Fsp3) is 0.314. The van der Waals surface area contributed by atoms with Crippen LogP contribution in [0.25, 0.3) is 11.0 Å². The highest BCUT2D eigenvalue weighted by molar-refractivity contribution is 9.12. The second kappa shape index (κ2) is 12.5. The summed E-state index contributed by atoms with van der Waals surface area (Å²) in [5, 5.41) is 11.3. The van der Waals surface area contributed by atoms with E-state index < -0.39 is 40.5 Å². The van der Waals surface area contributed by atoms with Crippen LogP contribution < -0.4 is 31.1 Å². The summed E-state index contributed by atoms with van der Waals surface area (Å²) in [6, 6.07) is 7.42. The topological polar surface area (TPSA) is 166 Å². The minimum Gasteiger partial charge on any atom is -0.504 e. The van der Waals surface area contributed by atoms with E-state index in [2.05, 4.69) is 20.9 Å². The summed E-state index contributed by atoms with van der Waals surface area (Å²) >= 11 is 3.21. The third kappa shape index (κ3) is 4.97. The molecule has 4 aromatic rings. The fourth-order valence-corrected chi connectivity index (χ4v) is 7.65. The summed E-state index contributed by atoms with van der Waals surface area (Å²) in [6.07, 6.45) is 2.93. The van der Waals surface area contributed by atoms with Gasteiger partial charge in [0.2, 0.25) is 0 Å². The molecule has 2 aromatic carbocycles. The number of aromatic nitrogens is 5. The summed E-state index contributed by atoms with van der Waals surface area (Å²) < 4.78 is 21.5. The molecule has 0 bridgehead atoms. The van der Waals surface area contributed by atoms with Crippen molar-refractivity contribution in [1.82, 2.24) is 23.5 Å². The number of ether oxygens (including phenoxy) is 3. The van der Waals surface area contributed by atoms with Crippen molar-refractivity contribution >= 4 is 38.5 Å². The van der Waals surface area contributed by atoms with E-state index in [4.69, 9.17) is 14.2 Å². The molecule has 0 amide bonds. The van der Waals surface area contributed by atoms with E-state index >= 15 is 0 Å². The predicted octanol–water partition coefficient (Wildman–Crippen LogP) is 2.82. The highest BCUT2D eigenvalue weighted by Gasteiger charge is 2.46. The number of ketones is 2. The van der Waals surface area contributed by atoms with Crippen LogP contribution >= 0.6 is 15.9 Å². The van der Waals surface area contributed by atoms with Gasteiger partial charge in [0.1, 0.15) is 5.69 Å². The average molecular weight is 747 g/mol. The van der Waals surface area contributed by atoms with E-state index in [1.54, 1.807) is 50.4 Å². The molecule has 0 radical (unpaired) electrons. The Morgan fingerprint density at radius 3 is 2.48 bits per heavy atom. The lowest BCUT2D eigenvalue weighted by molar-refractivity contribution is -0.115. The van der Waals surface area contributed by atoms with Crippen LogP contribution in [0.1, 0.15) is 36.6 Å². The van der Waals surface area contributed by atoms with Gasteiger partial charge in [0.15, 0.2) is 34.6 Å². The molecule has 1 aliphatic heterocycles. The van der Waals surface area contributed by atoms with Crippen LogP contribution in [0.2, 0.25) is 0 Å². The van der Waals surface area contributed by atoms with Crippen LogP contribution in [-0.4, -0.2) is 61.0 Å². The van der Waals surface area contributed by atoms with Crippen molar-refractivity contribution in [2.45, 2.75) is 44.8 Å². The van der Waals surface area contributed by atoms with Crippen molar-refractivity contribution in [3.05, 3.63) is 106 Å². The van der Waals surface area contributed by atoms with Crippen molar-refractivity contribution in [2.75, 3.05) is 20.8 Å². The monoisotopic (exact) mass is 745 g/mol. The Morgan fingerprint density at radius 2 is 1.76 bits per heavy atom. The molecule has 14 nitrogen and oxygen atoms in total. The van der Waals surface area contributed by atoms with Gasteiger partial charge in [-0.2, -0.15) is 0 Å². The summed E-state index contributed by atoms with van der Waals surface area (Å²) in [5.74, 6) is -0.814. The molecule has 0 saturated carbocycles. The predicted molar refractivity (Wildman–Crippen MR) is 185 cm³/mol. The zero-order valence-corrected chi connectivity index (χ0v) is 29.1. The standard InChI is InChI=1S/C35H32BrN5O9/c1-5-50-26-8-6-7-18(32(26)44)29-17-9-12-40-34(46)39(35(47)41(40)23(17)13-19-30(29)25(42)14-20(36)31(19)43)11-10-21-33(45)38(2)24-16-28(49-4)27(48-3)15-22(24)37-21/h6-9,14-16,23,29,44H,5,10-13H2,1-4H3. The van der Waals surface area contributed by atoms with Gasteiger partial charge in [-0.05, 0) is 34.5 Å². The number of aryl methyl sites for hydroxylation is 2. The molecule has 1 N–H and O–H groups in total. The first-order valence-corrected chi connectivity index (χ1v) is 16.7. The van der Waals surface area contributed by atoms with E-state index in [9.17, 15) is 29.1 Å². The summed E-state index contributed by atoms with van der Waals surface area (Å²) in [5.41, 5.74) is 0.816. The molecular weight excluding hydrogens is 714 g/mol. The van der Waals surface area contributed by atoms with Gasteiger partial charge in [0.05, 0.1) is 48.9 Å². The number of Topliss-reactive ketones (excluding diaryl/α,β-unsaturated/α-hetero) is 1. The van der Waals surface area contributed by atoms with Crippen LogP contribution in [0.5, 0.6) is 23.0 Å². The lowest BCUT2D eigenvalue weighted by Crippen LogP contribution is -2.40. The van der Waals surface area contributed by atoms with E-state index in [-0.39, 0.29) is 65.4 Å². The Hall–Kier alpha value is -5.44. The van der Waals surface area contributed by atoms with Crippen molar-refractivity contribution in [3.8, 4) is 23.0 Å². The van der Waals surface area contributed by atoms with Gasteiger partial charge in [-0.1, -0.05) is 18.2 Å². The zero-order chi connectivity index (χ0) is 35.6. The summed E-state index contributed by atoms with van der Waals surface area (Å²) in [7, 11) is 4.58. The molecule has 2 atom stereocenters. The maximum atomic E-state index is 14.1. The molecule has 2 unspecified atom stereocenters.